The molecule has 96 valence electrons. The van der Waals surface area contributed by atoms with Gasteiger partial charge in [0.15, 0.2) is 11.7 Å². The fourth-order valence-electron chi connectivity index (χ4n) is 1.61. The van der Waals surface area contributed by atoms with Crippen LogP contribution in [0.2, 0.25) is 0 Å². The Morgan fingerprint density at radius 2 is 1.58 bits per heavy atom. The van der Waals surface area contributed by atoms with Gasteiger partial charge in [-0.1, -0.05) is 48.5 Å². The number of ketones is 1. The van der Waals surface area contributed by atoms with Crippen LogP contribution in [0.3, 0.4) is 0 Å². The lowest BCUT2D eigenvalue weighted by Crippen LogP contribution is -2.05. The number of benzene rings is 2. The first-order chi connectivity index (χ1) is 9.29. The van der Waals surface area contributed by atoms with Gasteiger partial charge in [0.05, 0.1) is 7.11 Å². The molecule has 0 atom stereocenters. The van der Waals surface area contributed by atoms with Gasteiger partial charge in [0.2, 0.25) is 0 Å². The quantitative estimate of drug-likeness (QED) is 0.503. The summed E-state index contributed by atoms with van der Waals surface area (Å²) in [5.74, 6) is 0.320. The maximum atomic E-state index is 12.0. The van der Waals surface area contributed by atoms with Crippen LogP contribution in [0, 0.1) is 0 Å². The average molecular weight is 253 g/mol. The van der Waals surface area contributed by atoms with Crippen LogP contribution in [0.5, 0.6) is 0 Å². The highest BCUT2D eigenvalue weighted by molar-refractivity contribution is 6.04. The molecular weight excluding hydrogens is 238 g/mol. The van der Waals surface area contributed by atoms with Crippen molar-refractivity contribution < 1.29 is 9.53 Å². The van der Waals surface area contributed by atoms with E-state index in [-0.39, 0.29) is 5.78 Å². The van der Waals surface area contributed by atoms with E-state index >= 15 is 0 Å². The van der Waals surface area contributed by atoms with Crippen LogP contribution in [0.25, 0.3) is 0 Å². The van der Waals surface area contributed by atoms with Crippen molar-refractivity contribution in [3.05, 3.63) is 78.2 Å². The van der Waals surface area contributed by atoms with E-state index in [1.807, 2.05) is 48.5 Å². The molecule has 0 saturated carbocycles. The first-order valence-electron chi connectivity index (χ1n) is 5.97. The van der Waals surface area contributed by atoms with E-state index in [0.29, 0.717) is 11.4 Å². The standard InChI is InChI=1S/C16H15NO2/c1-19-16(17-14-10-6-3-7-11-14)12-15(18)13-8-4-2-5-9-13/h2-12,17H,1H3/b16-12+. The molecule has 0 saturated heterocycles. The second kappa shape index (κ2) is 6.40. The molecule has 0 heterocycles. The monoisotopic (exact) mass is 253 g/mol. The summed E-state index contributed by atoms with van der Waals surface area (Å²) in [6, 6.07) is 18.6. The van der Waals surface area contributed by atoms with E-state index in [2.05, 4.69) is 5.32 Å². The number of rotatable bonds is 5. The van der Waals surface area contributed by atoms with Crippen molar-refractivity contribution in [3.8, 4) is 0 Å². The molecule has 1 N–H and O–H groups in total. The van der Waals surface area contributed by atoms with Gasteiger partial charge in [-0.3, -0.25) is 4.79 Å². The summed E-state index contributed by atoms with van der Waals surface area (Å²) >= 11 is 0. The SMILES string of the molecule is CO/C(=C/C(=O)c1ccccc1)Nc1ccccc1. The molecule has 0 radical (unpaired) electrons. The van der Waals surface area contributed by atoms with E-state index in [0.717, 1.165) is 5.69 Å². The Hall–Kier alpha value is -2.55. The van der Waals surface area contributed by atoms with Crippen LogP contribution in [0.1, 0.15) is 10.4 Å². The number of para-hydroxylation sites is 1. The maximum absolute atomic E-state index is 12.0. The van der Waals surface area contributed by atoms with Crippen molar-refractivity contribution in [2.24, 2.45) is 0 Å². The summed E-state index contributed by atoms with van der Waals surface area (Å²) in [5.41, 5.74) is 1.50. The first-order valence-corrected chi connectivity index (χ1v) is 5.97. The largest absolute Gasteiger partial charge is 0.482 e. The number of hydrogen-bond acceptors (Lipinski definition) is 3. The van der Waals surface area contributed by atoms with E-state index < -0.39 is 0 Å². The molecule has 0 aliphatic heterocycles. The van der Waals surface area contributed by atoms with Gasteiger partial charge < -0.3 is 10.1 Å². The van der Waals surface area contributed by atoms with Gasteiger partial charge in [-0.15, -0.1) is 0 Å². The van der Waals surface area contributed by atoms with Crippen LogP contribution in [0.4, 0.5) is 5.69 Å². The fraction of sp³-hybridized carbons (Fsp3) is 0.0625. The summed E-state index contributed by atoms with van der Waals surface area (Å²) < 4.78 is 5.18. The zero-order valence-corrected chi connectivity index (χ0v) is 10.7. The average Bonchev–Trinajstić information content (AvgIpc) is 2.48. The van der Waals surface area contributed by atoms with Crippen molar-refractivity contribution >= 4 is 11.5 Å². The van der Waals surface area contributed by atoms with Crippen molar-refractivity contribution in [2.45, 2.75) is 0 Å². The Morgan fingerprint density at radius 3 is 2.16 bits per heavy atom. The molecule has 2 aromatic rings. The number of nitrogens with one attached hydrogen (secondary N) is 1. The molecule has 0 aromatic heterocycles. The van der Waals surface area contributed by atoms with Crippen LogP contribution in [0.15, 0.2) is 72.6 Å². The first kappa shape index (κ1) is 12.9. The minimum absolute atomic E-state index is 0.0964. The molecule has 19 heavy (non-hydrogen) atoms. The molecule has 2 aromatic carbocycles. The molecule has 0 spiro atoms. The van der Waals surface area contributed by atoms with E-state index in [1.54, 1.807) is 12.1 Å². The maximum Gasteiger partial charge on any atom is 0.194 e. The second-order valence-corrected chi connectivity index (χ2v) is 3.93. The lowest BCUT2D eigenvalue weighted by Gasteiger charge is -2.09. The third kappa shape index (κ3) is 3.71. The minimum Gasteiger partial charge on any atom is -0.482 e. The highest BCUT2D eigenvalue weighted by atomic mass is 16.5. The van der Waals surface area contributed by atoms with Crippen LogP contribution in [-0.4, -0.2) is 12.9 Å². The Kier molecular flexibility index (Phi) is 4.34. The van der Waals surface area contributed by atoms with E-state index in [4.69, 9.17) is 4.74 Å². The molecule has 0 fully saturated rings. The molecule has 0 amide bonds. The van der Waals surface area contributed by atoms with Gasteiger partial charge in [-0.2, -0.15) is 0 Å². The number of hydrogen-bond donors (Lipinski definition) is 1. The number of ether oxygens (including phenoxy) is 1. The van der Waals surface area contributed by atoms with Gasteiger partial charge in [0, 0.05) is 17.3 Å². The lowest BCUT2D eigenvalue weighted by atomic mass is 10.1. The molecular formula is C16H15NO2. The number of methoxy groups -OCH3 is 1. The highest BCUT2D eigenvalue weighted by Gasteiger charge is 2.05. The zero-order valence-electron chi connectivity index (χ0n) is 10.7. The van der Waals surface area contributed by atoms with Crippen LogP contribution in [-0.2, 0) is 4.74 Å². The smallest absolute Gasteiger partial charge is 0.194 e. The summed E-state index contributed by atoms with van der Waals surface area (Å²) in [7, 11) is 1.53. The van der Waals surface area contributed by atoms with Crippen molar-refractivity contribution in [2.75, 3.05) is 12.4 Å². The summed E-state index contributed by atoms with van der Waals surface area (Å²) in [5, 5.41) is 3.05. The van der Waals surface area contributed by atoms with Crippen molar-refractivity contribution in [1.29, 1.82) is 0 Å². The van der Waals surface area contributed by atoms with Crippen LogP contribution >= 0.6 is 0 Å². The van der Waals surface area contributed by atoms with E-state index in [1.165, 1.54) is 13.2 Å². The summed E-state index contributed by atoms with van der Waals surface area (Å²) in [6.07, 6.45) is 1.45. The fourth-order valence-corrected chi connectivity index (χ4v) is 1.61. The molecule has 2 rings (SSSR count). The number of allylic oxidation sites excluding steroid dienone is 1. The third-order valence-corrected chi connectivity index (χ3v) is 2.58. The lowest BCUT2D eigenvalue weighted by molar-refractivity contribution is 0.104. The van der Waals surface area contributed by atoms with Gasteiger partial charge in [-0.05, 0) is 12.1 Å². The molecule has 0 bridgehead atoms. The molecule has 0 aliphatic rings. The zero-order chi connectivity index (χ0) is 13.5. The summed E-state index contributed by atoms with van der Waals surface area (Å²) in [4.78, 5) is 12.0. The molecule has 3 heteroatoms. The van der Waals surface area contributed by atoms with Crippen molar-refractivity contribution in [1.82, 2.24) is 0 Å². The number of carbonyl (C=O) groups excluding carboxylic acids is 1. The number of anilines is 1. The molecule has 3 nitrogen and oxygen atoms in total. The Morgan fingerprint density at radius 1 is 1.00 bits per heavy atom. The highest BCUT2D eigenvalue weighted by Crippen LogP contribution is 2.10. The summed E-state index contributed by atoms with van der Waals surface area (Å²) in [6.45, 7) is 0. The third-order valence-electron chi connectivity index (χ3n) is 2.58. The normalized spacial score (nSPS) is 10.9. The topological polar surface area (TPSA) is 38.3 Å². The Balaban J connectivity index is 2.13. The van der Waals surface area contributed by atoms with E-state index in [9.17, 15) is 4.79 Å². The molecule has 0 unspecified atom stereocenters. The van der Waals surface area contributed by atoms with Gasteiger partial charge in [0.1, 0.15) is 0 Å². The van der Waals surface area contributed by atoms with Gasteiger partial charge >= 0.3 is 0 Å². The number of carbonyl (C=O) groups is 1. The Bertz CT molecular complexity index is 562. The van der Waals surface area contributed by atoms with Gasteiger partial charge in [0.25, 0.3) is 0 Å². The predicted molar refractivity (Wildman–Crippen MR) is 75.9 cm³/mol. The Labute approximate surface area is 112 Å². The minimum atomic E-state index is -0.0964. The second-order valence-electron chi connectivity index (χ2n) is 3.93. The van der Waals surface area contributed by atoms with Crippen molar-refractivity contribution in [3.63, 3.8) is 0 Å². The molecule has 0 aliphatic carbocycles. The predicted octanol–water partition coefficient (Wildman–Crippen LogP) is 3.47. The van der Waals surface area contributed by atoms with Gasteiger partial charge in [-0.25, -0.2) is 0 Å². The van der Waals surface area contributed by atoms with Crippen LogP contribution < -0.4 is 5.32 Å².